The van der Waals surface area contributed by atoms with E-state index in [4.69, 9.17) is 0 Å². The molecule has 0 amide bonds. The Balaban J connectivity index is 2.44. The Morgan fingerprint density at radius 2 is 2.15 bits per heavy atom. The summed E-state index contributed by atoms with van der Waals surface area (Å²) in [7, 11) is 0. The molecule has 0 radical (unpaired) electrons. The highest BCUT2D eigenvalue weighted by Crippen LogP contribution is 2.29. The van der Waals surface area contributed by atoms with Gasteiger partial charge >= 0.3 is 0 Å². The first-order valence-corrected chi connectivity index (χ1v) is 7.75. The van der Waals surface area contributed by atoms with Crippen molar-refractivity contribution in [3.05, 3.63) is 45.7 Å². The van der Waals surface area contributed by atoms with Crippen molar-refractivity contribution in [3.8, 4) is 0 Å². The molecule has 0 saturated heterocycles. The van der Waals surface area contributed by atoms with E-state index >= 15 is 0 Å². The second kappa shape index (κ2) is 6.90. The molecule has 2 rings (SSSR count). The zero-order chi connectivity index (χ0) is 14.5. The quantitative estimate of drug-likeness (QED) is 0.883. The third-order valence-corrected chi connectivity index (χ3v) is 4.07. The van der Waals surface area contributed by atoms with Crippen molar-refractivity contribution in [2.75, 3.05) is 6.54 Å². The second-order valence-corrected chi connectivity index (χ2v) is 5.64. The Labute approximate surface area is 123 Å². The van der Waals surface area contributed by atoms with Crippen LogP contribution in [-0.2, 0) is 6.42 Å². The van der Waals surface area contributed by atoms with Gasteiger partial charge in [-0.05, 0) is 43.9 Å². The standard InChI is InChI=1S/C15H20FN3S/c1-4-8-17-14(15-13(5-2)18-19-20-15)11-9-10(3)6-7-12(11)16/h6-7,9,14,17H,4-5,8H2,1-3H3. The van der Waals surface area contributed by atoms with Crippen LogP contribution >= 0.6 is 11.5 Å². The van der Waals surface area contributed by atoms with Gasteiger partial charge < -0.3 is 5.32 Å². The van der Waals surface area contributed by atoms with Crippen molar-refractivity contribution in [2.45, 2.75) is 39.7 Å². The van der Waals surface area contributed by atoms with Crippen LogP contribution in [0.3, 0.4) is 0 Å². The van der Waals surface area contributed by atoms with Crippen molar-refractivity contribution in [2.24, 2.45) is 0 Å². The van der Waals surface area contributed by atoms with E-state index in [2.05, 4.69) is 21.8 Å². The van der Waals surface area contributed by atoms with Gasteiger partial charge in [0, 0.05) is 5.56 Å². The molecule has 1 aromatic heterocycles. The van der Waals surface area contributed by atoms with Gasteiger partial charge in [0.05, 0.1) is 16.6 Å². The number of aryl methyl sites for hydroxylation is 2. The summed E-state index contributed by atoms with van der Waals surface area (Å²) in [4.78, 5) is 1.02. The Bertz CT molecular complexity index is 568. The first-order chi connectivity index (χ1) is 9.67. The van der Waals surface area contributed by atoms with E-state index in [9.17, 15) is 4.39 Å². The molecule has 0 bridgehead atoms. The van der Waals surface area contributed by atoms with Crippen LogP contribution in [0.4, 0.5) is 4.39 Å². The topological polar surface area (TPSA) is 37.8 Å². The molecule has 1 unspecified atom stereocenters. The van der Waals surface area contributed by atoms with Gasteiger partial charge in [-0.3, -0.25) is 0 Å². The van der Waals surface area contributed by atoms with Crippen LogP contribution in [0.25, 0.3) is 0 Å². The monoisotopic (exact) mass is 293 g/mol. The highest BCUT2D eigenvalue weighted by molar-refractivity contribution is 7.05. The maximum atomic E-state index is 14.2. The average Bonchev–Trinajstić information content (AvgIpc) is 2.91. The summed E-state index contributed by atoms with van der Waals surface area (Å²) in [5.74, 6) is -0.181. The Hall–Kier alpha value is -1.33. The molecule has 20 heavy (non-hydrogen) atoms. The van der Waals surface area contributed by atoms with Gasteiger partial charge in [-0.15, -0.1) is 5.10 Å². The van der Waals surface area contributed by atoms with Crippen LogP contribution in [0.15, 0.2) is 18.2 Å². The molecule has 1 N–H and O–H groups in total. The molecule has 2 aromatic rings. The van der Waals surface area contributed by atoms with Gasteiger partial charge in [-0.2, -0.15) is 0 Å². The number of nitrogens with one attached hydrogen (secondary N) is 1. The number of aromatic nitrogens is 2. The number of hydrogen-bond donors (Lipinski definition) is 1. The van der Waals surface area contributed by atoms with E-state index in [1.807, 2.05) is 19.9 Å². The lowest BCUT2D eigenvalue weighted by Gasteiger charge is -2.19. The minimum absolute atomic E-state index is 0.162. The molecule has 1 atom stereocenters. The summed E-state index contributed by atoms with van der Waals surface area (Å²) < 4.78 is 18.2. The highest BCUT2D eigenvalue weighted by atomic mass is 32.1. The van der Waals surface area contributed by atoms with Crippen LogP contribution in [-0.4, -0.2) is 16.1 Å². The lowest BCUT2D eigenvalue weighted by Crippen LogP contribution is -2.24. The van der Waals surface area contributed by atoms with Crippen LogP contribution in [0.1, 0.15) is 48.0 Å². The molecule has 0 saturated carbocycles. The van der Waals surface area contributed by atoms with Gasteiger partial charge in [0.25, 0.3) is 0 Å². The van der Waals surface area contributed by atoms with Gasteiger partial charge in [0.15, 0.2) is 0 Å². The van der Waals surface area contributed by atoms with Crippen LogP contribution in [0.2, 0.25) is 0 Å². The molecule has 3 nitrogen and oxygen atoms in total. The molecule has 0 fully saturated rings. The minimum Gasteiger partial charge on any atom is -0.305 e. The summed E-state index contributed by atoms with van der Waals surface area (Å²) in [5.41, 5.74) is 2.68. The number of halogens is 1. The van der Waals surface area contributed by atoms with Crippen molar-refractivity contribution in [1.82, 2.24) is 14.9 Å². The van der Waals surface area contributed by atoms with Crippen molar-refractivity contribution >= 4 is 11.5 Å². The summed E-state index contributed by atoms with van der Waals surface area (Å²) in [6, 6.07) is 5.07. The number of hydrogen-bond acceptors (Lipinski definition) is 4. The third kappa shape index (κ3) is 3.22. The first kappa shape index (κ1) is 15.1. The van der Waals surface area contributed by atoms with Crippen molar-refractivity contribution < 1.29 is 4.39 Å². The van der Waals surface area contributed by atoms with Crippen LogP contribution in [0, 0.1) is 12.7 Å². The van der Waals surface area contributed by atoms with E-state index in [1.54, 1.807) is 6.07 Å². The second-order valence-electron chi connectivity index (χ2n) is 4.85. The van der Waals surface area contributed by atoms with E-state index in [0.29, 0.717) is 5.56 Å². The summed E-state index contributed by atoms with van der Waals surface area (Å²) in [5, 5.41) is 7.57. The summed E-state index contributed by atoms with van der Waals surface area (Å²) in [6.07, 6.45) is 1.81. The molecule has 1 aromatic carbocycles. The lowest BCUT2D eigenvalue weighted by molar-refractivity contribution is 0.548. The first-order valence-electron chi connectivity index (χ1n) is 6.97. The molecule has 0 aliphatic heterocycles. The van der Waals surface area contributed by atoms with Crippen LogP contribution < -0.4 is 5.32 Å². The predicted octanol–water partition coefficient (Wildman–Crippen LogP) is 3.64. The fraction of sp³-hybridized carbons (Fsp3) is 0.467. The van der Waals surface area contributed by atoms with Crippen LogP contribution in [0.5, 0.6) is 0 Å². The maximum Gasteiger partial charge on any atom is 0.128 e. The van der Waals surface area contributed by atoms with E-state index in [0.717, 1.165) is 35.5 Å². The summed E-state index contributed by atoms with van der Waals surface area (Å²) >= 11 is 1.35. The lowest BCUT2D eigenvalue weighted by atomic mass is 10.0. The fourth-order valence-corrected chi connectivity index (χ4v) is 3.03. The maximum absolute atomic E-state index is 14.2. The molecule has 1 heterocycles. The zero-order valence-corrected chi connectivity index (χ0v) is 12.9. The zero-order valence-electron chi connectivity index (χ0n) is 12.1. The van der Waals surface area contributed by atoms with Crippen molar-refractivity contribution in [1.29, 1.82) is 0 Å². The van der Waals surface area contributed by atoms with Gasteiger partial charge in [0.1, 0.15) is 5.82 Å². The number of nitrogens with zero attached hydrogens (tertiary/aromatic N) is 2. The van der Waals surface area contributed by atoms with E-state index in [-0.39, 0.29) is 11.9 Å². The minimum atomic E-state index is -0.181. The average molecular weight is 293 g/mol. The molecule has 5 heteroatoms. The molecular weight excluding hydrogens is 273 g/mol. The van der Waals surface area contributed by atoms with Gasteiger partial charge in [-0.25, -0.2) is 4.39 Å². The predicted molar refractivity (Wildman–Crippen MR) is 80.6 cm³/mol. The summed E-state index contributed by atoms with van der Waals surface area (Å²) in [6.45, 7) is 6.95. The Kier molecular flexibility index (Phi) is 5.20. The number of benzene rings is 1. The van der Waals surface area contributed by atoms with E-state index in [1.165, 1.54) is 17.6 Å². The Morgan fingerprint density at radius 1 is 1.35 bits per heavy atom. The van der Waals surface area contributed by atoms with Gasteiger partial charge in [0.2, 0.25) is 0 Å². The largest absolute Gasteiger partial charge is 0.305 e. The molecular formula is C15H20FN3S. The Morgan fingerprint density at radius 3 is 2.85 bits per heavy atom. The SMILES string of the molecule is CCCNC(c1cc(C)ccc1F)c1snnc1CC. The smallest absolute Gasteiger partial charge is 0.128 e. The molecule has 0 aliphatic carbocycles. The van der Waals surface area contributed by atoms with Gasteiger partial charge in [-0.1, -0.05) is 36.0 Å². The molecule has 0 spiro atoms. The normalized spacial score (nSPS) is 12.6. The van der Waals surface area contributed by atoms with E-state index < -0.39 is 0 Å². The third-order valence-electron chi connectivity index (χ3n) is 3.24. The highest BCUT2D eigenvalue weighted by Gasteiger charge is 2.22. The molecule has 108 valence electrons. The number of rotatable bonds is 6. The van der Waals surface area contributed by atoms with Crippen molar-refractivity contribution in [3.63, 3.8) is 0 Å². The molecule has 0 aliphatic rings. The fourth-order valence-electron chi connectivity index (χ4n) is 2.20.